The van der Waals surface area contributed by atoms with Gasteiger partial charge in [0.25, 0.3) is 0 Å². The predicted octanol–water partition coefficient (Wildman–Crippen LogP) is 0.604. The van der Waals surface area contributed by atoms with Gasteiger partial charge in [-0.1, -0.05) is 12.1 Å². The zero-order valence-electron chi connectivity index (χ0n) is 11.4. The number of carbonyl (C=O) groups excluding carboxylic acids is 1. The molecule has 2 rings (SSSR count). The van der Waals surface area contributed by atoms with E-state index in [9.17, 15) is 9.18 Å². The molecule has 104 valence electrons. The summed E-state index contributed by atoms with van der Waals surface area (Å²) >= 11 is 0. The SMILES string of the molecule is CN(C)CCNC1(C(N)=O)CCc2c(F)cccc21. The molecule has 1 aromatic rings. The van der Waals surface area contributed by atoms with Crippen LogP contribution < -0.4 is 11.1 Å². The predicted molar refractivity (Wildman–Crippen MR) is 72.2 cm³/mol. The number of rotatable bonds is 5. The standard InChI is InChI=1S/C14H20FN3O/c1-18(2)9-8-17-14(13(16)19)7-6-10-11(14)4-3-5-12(10)15/h3-5,17H,6-9H2,1-2H3,(H2,16,19). The van der Waals surface area contributed by atoms with Crippen LogP contribution in [-0.4, -0.2) is 38.0 Å². The number of halogens is 1. The molecule has 0 radical (unpaired) electrons. The van der Waals surface area contributed by atoms with Crippen LogP contribution in [0.2, 0.25) is 0 Å². The molecule has 1 aliphatic carbocycles. The van der Waals surface area contributed by atoms with Crippen LogP contribution in [0, 0.1) is 5.82 Å². The molecular weight excluding hydrogens is 245 g/mol. The van der Waals surface area contributed by atoms with Crippen molar-refractivity contribution in [3.05, 3.63) is 35.1 Å². The van der Waals surface area contributed by atoms with Gasteiger partial charge in [0.05, 0.1) is 0 Å². The highest BCUT2D eigenvalue weighted by atomic mass is 19.1. The van der Waals surface area contributed by atoms with Crippen LogP contribution >= 0.6 is 0 Å². The summed E-state index contributed by atoms with van der Waals surface area (Å²) in [6.07, 6.45) is 1.06. The number of carbonyl (C=O) groups is 1. The van der Waals surface area contributed by atoms with E-state index in [4.69, 9.17) is 5.73 Å². The Balaban J connectivity index is 2.29. The lowest BCUT2D eigenvalue weighted by Gasteiger charge is -2.29. The largest absolute Gasteiger partial charge is 0.368 e. The van der Waals surface area contributed by atoms with Crippen molar-refractivity contribution >= 4 is 5.91 Å². The maximum absolute atomic E-state index is 13.8. The first-order chi connectivity index (χ1) is 8.97. The van der Waals surface area contributed by atoms with E-state index in [1.165, 1.54) is 6.07 Å². The molecule has 0 aliphatic heterocycles. The van der Waals surface area contributed by atoms with Crippen molar-refractivity contribution in [1.29, 1.82) is 0 Å². The molecule has 1 amide bonds. The third-order valence-electron chi connectivity index (χ3n) is 3.74. The molecule has 0 fully saturated rings. The summed E-state index contributed by atoms with van der Waals surface area (Å²) in [6, 6.07) is 4.85. The minimum Gasteiger partial charge on any atom is -0.368 e. The molecule has 1 aromatic carbocycles. The summed E-state index contributed by atoms with van der Waals surface area (Å²) in [7, 11) is 3.92. The number of amides is 1. The van der Waals surface area contributed by atoms with Crippen LogP contribution in [0.1, 0.15) is 17.5 Å². The number of likely N-dealkylation sites (N-methyl/N-ethyl adjacent to an activating group) is 1. The van der Waals surface area contributed by atoms with E-state index in [-0.39, 0.29) is 5.82 Å². The summed E-state index contributed by atoms with van der Waals surface area (Å²) in [5, 5.41) is 3.23. The normalized spacial score (nSPS) is 21.7. The Morgan fingerprint density at radius 1 is 1.53 bits per heavy atom. The number of hydrogen-bond acceptors (Lipinski definition) is 3. The third-order valence-corrected chi connectivity index (χ3v) is 3.74. The van der Waals surface area contributed by atoms with Gasteiger partial charge in [0.1, 0.15) is 11.4 Å². The summed E-state index contributed by atoms with van der Waals surface area (Å²) in [5.74, 6) is -0.689. The molecule has 5 heteroatoms. The summed E-state index contributed by atoms with van der Waals surface area (Å²) < 4.78 is 13.8. The van der Waals surface area contributed by atoms with Gasteiger partial charge in [-0.05, 0) is 44.1 Å². The van der Waals surface area contributed by atoms with Gasteiger partial charge in [-0.15, -0.1) is 0 Å². The second-order valence-electron chi connectivity index (χ2n) is 5.27. The van der Waals surface area contributed by atoms with Crippen LogP contribution in [0.25, 0.3) is 0 Å². The molecule has 4 nitrogen and oxygen atoms in total. The van der Waals surface area contributed by atoms with E-state index >= 15 is 0 Å². The van der Waals surface area contributed by atoms with Crippen LogP contribution in [0.5, 0.6) is 0 Å². The fraction of sp³-hybridized carbons (Fsp3) is 0.500. The molecule has 1 aliphatic rings. The molecule has 0 saturated heterocycles. The Morgan fingerprint density at radius 3 is 2.89 bits per heavy atom. The van der Waals surface area contributed by atoms with E-state index in [2.05, 4.69) is 5.32 Å². The second-order valence-corrected chi connectivity index (χ2v) is 5.27. The first kappa shape index (κ1) is 14.0. The third kappa shape index (κ3) is 2.48. The van der Waals surface area contributed by atoms with Crippen LogP contribution in [-0.2, 0) is 16.8 Å². The van der Waals surface area contributed by atoms with Crippen LogP contribution in [0.3, 0.4) is 0 Å². The highest BCUT2D eigenvalue weighted by Crippen LogP contribution is 2.37. The number of nitrogens with zero attached hydrogens (tertiary/aromatic N) is 1. The molecule has 0 spiro atoms. The van der Waals surface area contributed by atoms with E-state index in [1.54, 1.807) is 12.1 Å². The molecule has 0 saturated carbocycles. The fourth-order valence-corrected chi connectivity index (χ4v) is 2.68. The van der Waals surface area contributed by atoms with E-state index in [0.717, 1.165) is 6.54 Å². The number of nitrogens with two attached hydrogens (primary N) is 1. The van der Waals surface area contributed by atoms with Crippen molar-refractivity contribution in [2.45, 2.75) is 18.4 Å². The summed E-state index contributed by atoms with van der Waals surface area (Å²) in [5.41, 5.74) is 5.96. The highest BCUT2D eigenvalue weighted by molar-refractivity contribution is 5.87. The van der Waals surface area contributed by atoms with Crippen molar-refractivity contribution in [2.24, 2.45) is 5.73 Å². The van der Waals surface area contributed by atoms with Crippen molar-refractivity contribution < 1.29 is 9.18 Å². The van der Waals surface area contributed by atoms with Gasteiger partial charge in [-0.2, -0.15) is 0 Å². The highest BCUT2D eigenvalue weighted by Gasteiger charge is 2.44. The Kier molecular flexibility index (Phi) is 3.87. The lowest BCUT2D eigenvalue weighted by atomic mass is 9.91. The van der Waals surface area contributed by atoms with Gasteiger partial charge in [-0.25, -0.2) is 4.39 Å². The molecule has 19 heavy (non-hydrogen) atoms. The number of benzene rings is 1. The quantitative estimate of drug-likeness (QED) is 0.820. The van der Waals surface area contributed by atoms with Gasteiger partial charge in [-0.3, -0.25) is 10.1 Å². The Morgan fingerprint density at radius 2 is 2.26 bits per heavy atom. The van der Waals surface area contributed by atoms with E-state index in [1.807, 2.05) is 19.0 Å². The zero-order chi connectivity index (χ0) is 14.0. The lowest BCUT2D eigenvalue weighted by molar-refractivity contribution is -0.124. The molecule has 1 atom stereocenters. The van der Waals surface area contributed by atoms with E-state index in [0.29, 0.717) is 30.5 Å². The Labute approximate surface area is 112 Å². The number of hydrogen-bond donors (Lipinski definition) is 2. The number of primary amides is 1. The van der Waals surface area contributed by atoms with Gasteiger partial charge >= 0.3 is 0 Å². The Hall–Kier alpha value is -1.46. The average Bonchev–Trinajstić information content (AvgIpc) is 2.71. The molecule has 0 heterocycles. The minimum absolute atomic E-state index is 0.255. The van der Waals surface area contributed by atoms with Crippen LogP contribution in [0.4, 0.5) is 4.39 Å². The molecular formula is C14H20FN3O. The Bertz CT molecular complexity index is 490. The van der Waals surface area contributed by atoms with Crippen molar-refractivity contribution in [3.8, 4) is 0 Å². The first-order valence-corrected chi connectivity index (χ1v) is 6.45. The smallest absolute Gasteiger partial charge is 0.242 e. The number of fused-ring (bicyclic) bond motifs is 1. The van der Waals surface area contributed by atoms with Crippen LogP contribution in [0.15, 0.2) is 18.2 Å². The fourth-order valence-electron chi connectivity index (χ4n) is 2.68. The van der Waals surface area contributed by atoms with Gasteiger partial charge in [0, 0.05) is 13.1 Å². The monoisotopic (exact) mass is 265 g/mol. The van der Waals surface area contributed by atoms with Crippen molar-refractivity contribution in [3.63, 3.8) is 0 Å². The number of nitrogens with one attached hydrogen (secondary N) is 1. The topological polar surface area (TPSA) is 58.4 Å². The molecule has 3 N–H and O–H groups in total. The maximum Gasteiger partial charge on any atom is 0.242 e. The van der Waals surface area contributed by atoms with E-state index < -0.39 is 11.4 Å². The first-order valence-electron chi connectivity index (χ1n) is 6.45. The minimum atomic E-state index is -0.923. The molecule has 0 aromatic heterocycles. The van der Waals surface area contributed by atoms with Gasteiger partial charge in [0.2, 0.25) is 5.91 Å². The lowest BCUT2D eigenvalue weighted by Crippen LogP contribution is -2.52. The maximum atomic E-state index is 13.8. The molecule has 0 bridgehead atoms. The van der Waals surface area contributed by atoms with Crippen molar-refractivity contribution in [2.75, 3.05) is 27.2 Å². The van der Waals surface area contributed by atoms with Gasteiger partial charge < -0.3 is 10.6 Å². The van der Waals surface area contributed by atoms with Gasteiger partial charge in [0.15, 0.2) is 0 Å². The van der Waals surface area contributed by atoms with Crippen molar-refractivity contribution in [1.82, 2.24) is 10.2 Å². The second kappa shape index (κ2) is 5.27. The average molecular weight is 265 g/mol. The summed E-state index contributed by atoms with van der Waals surface area (Å²) in [6.45, 7) is 1.42. The summed E-state index contributed by atoms with van der Waals surface area (Å²) in [4.78, 5) is 13.9. The zero-order valence-corrected chi connectivity index (χ0v) is 11.4. The molecule has 1 unspecified atom stereocenters.